The topological polar surface area (TPSA) is 68.2 Å². The second kappa shape index (κ2) is 5.67. The van der Waals surface area contributed by atoms with Gasteiger partial charge in [-0.05, 0) is 31.5 Å². The van der Waals surface area contributed by atoms with Crippen molar-refractivity contribution in [2.75, 3.05) is 0 Å². The molecule has 2 rings (SSSR count). The highest BCUT2D eigenvalue weighted by atomic mass is 32.2. The lowest BCUT2D eigenvalue weighted by atomic mass is 10.2. The van der Waals surface area contributed by atoms with Crippen LogP contribution >= 0.6 is 11.3 Å². The van der Waals surface area contributed by atoms with E-state index < -0.39 is 10.0 Å². The van der Waals surface area contributed by atoms with E-state index in [1.54, 1.807) is 19.2 Å². The number of aromatic nitrogens is 1. The van der Waals surface area contributed by atoms with Crippen LogP contribution < -0.4 is 9.60 Å². The average Bonchev–Trinajstić information content (AvgIpc) is 2.64. The summed E-state index contributed by atoms with van der Waals surface area (Å²) in [5.41, 5.74) is 0.751. The Balaban J connectivity index is 2.40. The molecule has 5 nitrogen and oxygen atoms in total. The molecule has 0 aliphatic heterocycles. The van der Waals surface area contributed by atoms with Crippen molar-refractivity contribution in [1.29, 1.82) is 0 Å². The average molecular weight is 314 g/mol. The molecule has 20 heavy (non-hydrogen) atoms. The Bertz CT molecular complexity index is 775. The highest BCUT2D eigenvalue weighted by Gasteiger charge is 2.18. The summed E-state index contributed by atoms with van der Waals surface area (Å²) in [7, 11) is -1.85. The third kappa shape index (κ3) is 2.94. The highest BCUT2D eigenvalue weighted by molar-refractivity contribution is 7.89. The van der Waals surface area contributed by atoms with Gasteiger partial charge in [-0.25, -0.2) is 13.1 Å². The summed E-state index contributed by atoms with van der Waals surface area (Å²) in [4.78, 5) is 11.7. The molecule has 0 aliphatic carbocycles. The summed E-state index contributed by atoms with van der Waals surface area (Å²) >= 11 is 1.05. The third-order valence-corrected chi connectivity index (χ3v) is 5.73. The minimum atomic E-state index is -3.53. The summed E-state index contributed by atoms with van der Waals surface area (Å²) in [6.07, 6.45) is 1.71. The smallest absolute Gasteiger partial charge is 0.302 e. The number of hydrogen-bond acceptors (Lipinski definition) is 4. The van der Waals surface area contributed by atoms with Gasteiger partial charge in [0, 0.05) is 13.1 Å². The minimum Gasteiger partial charge on any atom is -0.302 e. The van der Waals surface area contributed by atoms with Crippen LogP contribution in [-0.4, -0.2) is 19.0 Å². The van der Waals surface area contributed by atoms with Crippen LogP contribution in [0.1, 0.15) is 26.7 Å². The van der Waals surface area contributed by atoms with E-state index in [2.05, 4.69) is 4.72 Å². The molecular formula is C13H18N2O3S2. The highest BCUT2D eigenvalue weighted by Crippen LogP contribution is 2.21. The molecule has 110 valence electrons. The maximum Gasteiger partial charge on any atom is 0.307 e. The van der Waals surface area contributed by atoms with E-state index in [0.29, 0.717) is 4.70 Å². The molecule has 1 heterocycles. The SMILES string of the molecule is CCC[C@@H](C)NS(=O)(=O)c1ccc2c(c1)sc(=O)n2C. The van der Waals surface area contributed by atoms with E-state index in [9.17, 15) is 13.2 Å². The second-order valence-electron chi connectivity index (χ2n) is 4.87. The molecule has 0 saturated carbocycles. The Hall–Kier alpha value is -1.18. The maximum atomic E-state index is 12.3. The van der Waals surface area contributed by atoms with Crippen LogP contribution in [0.3, 0.4) is 0 Å². The Morgan fingerprint density at radius 1 is 1.40 bits per heavy atom. The number of aryl methyl sites for hydroxylation is 1. The van der Waals surface area contributed by atoms with Crippen molar-refractivity contribution in [2.45, 2.75) is 37.6 Å². The molecule has 0 aliphatic rings. The predicted octanol–water partition coefficient (Wildman–Crippen LogP) is 2.07. The normalized spacial score (nSPS) is 13.8. The number of sulfonamides is 1. The Labute approximate surface area is 122 Å². The number of nitrogens with one attached hydrogen (secondary N) is 1. The van der Waals surface area contributed by atoms with Gasteiger partial charge in [0.25, 0.3) is 0 Å². The fourth-order valence-electron chi connectivity index (χ4n) is 2.11. The molecule has 0 amide bonds. The van der Waals surface area contributed by atoms with Crippen LogP contribution in [0.4, 0.5) is 0 Å². The van der Waals surface area contributed by atoms with Gasteiger partial charge < -0.3 is 4.57 Å². The first-order valence-corrected chi connectivity index (χ1v) is 8.77. The third-order valence-electron chi connectivity index (χ3n) is 3.15. The molecule has 1 atom stereocenters. The zero-order valence-corrected chi connectivity index (χ0v) is 13.3. The van der Waals surface area contributed by atoms with Gasteiger partial charge in [-0.2, -0.15) is 0 Å². The van der Waals surface area contributed by atoms with Crippen LogP contribution in [-0.2, 0) is 17.1 Å². The van der Waals surface area contributed by atoms with Gasteiger partial charge in [0.2, 0.25) is 10.0 Å². The van der Waals surface area contributed by atoms with Crippen molar-refractivity contribution in [2.24, 2.45) is 7.05 Å². The Morgan fingerprint density at radius 3 is 2.75 bits per heavy atom. The van der Waals surface area contributed by atoms with Crippen molar-refractivity contribution in [3.05, 3.63) is 27.9 Å². The Morgan fingerprint density at radius 2 is 2.10 bits per heavy atom. The first-order chi connectivity index (χ1) is 9.35. The van der Waals surface area contributed by atoms with Crippen LogP contribution in [0.5, 0.6) is 0 Å². The molecule has 1 N–H and O–H groups in total. The molecule has 0 saturated heterocycles. The quantitative estimate of drug-likeness (QED) is 0.918. The number of hydrogen-bond donors (Lipinski definition) is 1. The molecule has 2 aromatic rings. The lowest BCUT2D eigenvalue weighted by Crippen LogP contribution is -2.32. The molecule has 1 aromatic heterocycles. The fraction of sp³-hybridized carbons (Fsp3) is 0.462. The molecular weight excluding hydrogens is 296 g/mol. The van der Waals surface area contributed by atoms with Gasteiger partial charge >= 0.3 is 4.87 Å². The molecule has 0 spiro atoms. The number of rotatable bonds is 5. The molecule has 7 heteroatoms. The number of nitrogens with zero attached hydrogens (tertiary/aromatic N) is 1. The minimum absolute atomic E-state index is 0.0955. The van der Waals surface area contributed by atoms with E-state index >= 15 is 0 Å². The Kier molecular flexibility index (Phi) is 4.31. The van der Waals surface area contributed by atoms with Crippen molar-refractivity contribution < 1.29 is 8.42 Å². The van der Waals surface area contributed by atoms with E-state index in [1.165, 1.54) is 10.6 Å². The molecule has 1 aromatic carbocycles. The van der Waals surface area contributed by atoms with Crippen LogP contribution in [0.2, 0.25) is 0 Å². The van der Waals surface area contributed by atoms with Crippen molar-refractivity contribution in [3.63, 3.8) is 0 Å². The number of benzene rings is 1. The van der Waals surface area contributed by atoms with E-state index in [-0.39, 0.29) is 15.8 Å². The van der Waals surface area contributed by atoms with Gasteiger partial charge in [-0.1, -0.05) is 24.7 Å². The molecule has 0 radical (unpaired) electrons. The zero-order chi connectivity index (χ0) is 14.9. The van der Waals surface area contributed by atoms with Crippen LogP contribution in [0.15, 0.2) is 27.9 Å². The van der Waals surface area contributed by atoms with Crippen LogP contribution in [0.25, 0.3) is 10.2 Å². The number of thiazole rings is 1. The van der Waals surface area contributed by atoms with Crippen LogP contribution in [0, 0.1) is 0 Å². The van der Waals surface area contributed by atoms with E-state index in [4.69, 9.17) is 0 Å². The fourth-order valence-corrected chi connectivity index (χ4v) is 4.40. The monoisotopic (exact) mass is 314 g/mol. The lowest BCUT2D eigenvalue weighted by Gasteiger charge is -2.13. The summed E-state index contributed by atoms with van der Waals surface area (Å²) < 4.78 is 29.4. The standard InChI is InChI=1S/C13H18N2O3S2/c1-4-5-9(2)14-20(17,18)10-6-7-11-12(8-10)19-13(16)15(11)3/h6-9,14H,4-5H2,1-3H3/t9-/m1/s1. The van der Waals surface area contributed by atoms with E-state index in [1.807, 2.05) is 13.8 Å². The first kappa shape index (κ1) is 15.2. The number of fused-ring (bicyclic) bond motifs is 1. The molecule has 0 unspecified atom stereocenters. The first-order valence-electron chi connectivity index (χ1n) is 6.47. The second-order valence-corrected chi connectivity index (χ2v) is 7.57. The molecule has 0 fully saturated rings. The summed E-state index contributed by atoms with van der Waals surface area (Å²) in [6, 6.07) is 4.67. The van der Waals surface area contributed by atoms with Gasteiger partial charge in [-0.3, -0.25) is 4.79 Å². The summed E-state index contributed by atoms with van der Waals surface area (Å²) in [6.45, 7) is 3.86. The van der Waals surface area contributed by atoms with Gasteiger partial charge in [0.05, 0.1) is 15.1 Å². The summed E-state index contributed by atoms with van der Waals surface area (Å²) in [5, 5.41) is 0. The predicted molar refractivity (Wildman–Crippen MR) is 81.8 cm³/mol. The van der Waals surface area contributed by atoms with E-state index in [0.717, 1.165) is 29.7 Å². The van der Waals surface area contributed by atoms with Crippen molar-refractivity contribution in [3.8, 4) is 0 Å². The van der Waals surface area contributed by atoms with Gasteiger partial charge in [0.15, 0.2) is 0 Å². The maximum absolute atomic E-state index is 12.3. The molecule has 0 bridgehead atoms. The van der Waals surface area contributed by atoms with Crippen molar-refractivity contribution >= 4 is 31.6 Å². The summed E-state index contributed by atoms with van der Waals surface area (Å²) in [5.74, 6) is 0. The largest absolute Gasteiger partial charge is 0.307 e. The van der Waals surface area contributed by atoms with Gasteiger partial charge in [-0.15, -0.1) is 0 Å². The lowest BCUT2D eigenvalue weighted by molar-refractivity contribution is 0.544. The van der Waals surface area contributed by atoms with Crippen molar-refractivity contribution in [1.82, 2.24) is 9.29 Å². The van der Waals surface area contributed by atoms with Gasteiger partial charge in [0.1, 0.15) is 0 Å². The zero-order valence-electron chi connectivity index (χ0n) is 11.7.